The van der Waals surface area contributed by atoms with E-state index in [9.17, 15) is 14.4 Å². The van der Waals surface area contributed by atoms with E-state index < -0.39 is 6.04 Å². The minimum atomic E-state index is -0.448. The van der Waals surface area contributed by atoms with Crippen molar-refractivity contribution in [3.05, 3.63) is 34.9 Å². The highest BCUT2D eigenvalue weighted by atomic mass is 35.5. The average Bonchev–Trinajstić information content (AvgIpc) is 2.38. The van der Waals surface area contributed by atoms with Crippen LogP contribution in [0.1, 0.15) is 23.7 Å². The maximum Gasteiger partial charge on any atom is 0.243 e. The van der Waals surface area contributed by atoms with E-state index in [1.807, 2.05) is 6.92 Å². The maximum absolute atomic E-state index is 12.2. The maximum atomic E-state index is 12.2. The molecule has 1 atom stereocenters. The van der Waals surface area contributed by atoms with Crippen molar-refractivity contribution in [2.75, 3.05) is 13.1 Å². The number of piperazine rings is 1. The van der Waals surface area contributed by atoms with Gasteiger partial charge in [0.1, 0.15) is 0 Å². The number of Topliss-reactive ketones (excluding diaryl/α,β-unsaturated/α-hetero) is 1. The molecular weight excluding hydrogens is 280 g/mol. The molecule has 0 aromatic heterocycles. The van der Waals surface area contributed by atoms with Gasteiger partial charge in [0.25, 0.3) is 0 Å². The number of ketones is 1. The van der Waals surface area contributed by atoms with Crippen LogP contribution in [0.4, 0.5) is 0 Å². The van der Waals surface area contributed by atoms with Crippen molar-refractivity contribution in [2.24, 2.45) is 0 Å². The largest absolute Gasteiger partial charge is 0.294 e. The minimum Gasteiger partial charge on any atom is -0.294 e. The molecule has 1 saturated heterocycles. The van der Waals surface area contributed by atoms with Gasteiger partial charge in [-0.15, -0.1) is 0 Å². The number of nitrogens with zero attached hydrogens (tertiary/aromatic N) is 1. The van der Waals surface area contributed by atoms with E-state index in [2.05, 4.69) is 5.32 Å². The lowest BCUT2D eigenvalue weighted by Crippen LogP contribution is -2.58. The number of carbonyl (C=O) groups is 3. The van der Waals surface area contributed by atoms with Gasteiger partial charge >= 0.3 is 0 Å². The summed E-state index contributed by atoms with van der Waals surface area (Å²) in [7, 11) is 0. The zero-order chi connectivity index (χ0) is 14.7. The first-order chi connectivity index (χ1) is 9.51. The summed E-state index contributed by atoms with van der Waals surface area (Å²) in [5.41, 5.74) is 0.478. The fourth-order valence-corrected chi connectivity index (χ4v) is 2.46. The Morgan fingerprint density at radius 1 is 1.45 bits per heavy atom. The van der Waals surface area contributed by atoms with Crippen LogP contribution in [-0.4, -0.2) is 41.6 Å². The van der Waals surface area contributed by atoms with Crippen LogP contribution < -0.4 is 5.32 Å². The van der Waals surface area contributed by atoms with E-state index >= 15 is 0 Å². The summed E-state index contributed by atoms with van der Waals surface area (Å²) < 4.78 is 0. The Balaban J connectivity index is 2.13. The molecule has 0 saturated carbocycles. The highest BCUT2D eigenvalue weighted by Crippen LogP contribution is 2.14. The number of hydrogen-bond donors (Lipinski definition) is 1. The first-order valence-electron chi connectivity index (χ1n) is 6.37. The molecule has 1 aliphatic rings. The Morgan fingerprint density at radius 3 is 2.85 bits per heavy atom. The number of halogens is 1. The smallest absolute Gasteiger partial charge is 0.243 e. The summed E-state index contributed by atoms with van der Waals surface area (Å²) >= 11 is 5.85. The highest BCUT2D eigenvalue weighted by molar-refractivity contribution is 6.31. The fraction of sp³-hybridized carbons (Fsp3) is 0.357. The van der Waals surface area contributed by atoms with Crippen molar-refractivity contribution in [2.45, 2.75) is 19.4 Å². The van der Waals surface area contributed by atoms with Gasteiger partial charge in [-0.2, -0.15) is 0 Å². The van der Waals surface area contributed by atoms with Crippen LogP contribution in [0.5, 0.6) is 0 Å². The quantitative estimate of drug-likeness (QED) is 0.671. The van der Waals surface area contributed by atoms with Gasteiger partial charge in [0, 0.05) is 10.6 Å². The lowest BCUT2D eigenvalue weighted by molar-refractivity contribution is -0.139. The van der Waals surface area contributed by atoms with Gasteiger partial charge in [-0.1, -0.05) is 30.7 Å². The Labute approximate surface area is 121 Å². The number of carbonyl (C=O) groups excluding carboxylic acids is 3. The molecule has 2 rings (SSSR count). The molecule has 1 heterocycles. The fourth-order valence-electron chi connectivity index (χ4n) is 2.27. The molecule has 0 aliphatic carbocycles. The molecule has 6 heteroatoms. The van der Waals surface area contributed by atoms with E-state index in [1.54, 1.807) is 29.2 Å². The summed E-state index contributed by atoms with van der Waals surface area (Å²) in [6, 6.07) is 6.18. The number of nitrogens with one attached hydrogen (secondary N) is 1. The number of benzene rings is 1. The predicted octanol–water partition coefficient (Wildman–Crippen LogP) is 1.26. The molecule has 0 spiro atoms. The van der Waals surface area contributed by atoms with Gasteiger partial charge in [-0.3, -0.25) is 24.6 Å². The summed E-state index contributed by atoms with van der Waals surface area (Å²) in [5.74, 6) is -0.880. The van der Waals surface area contributed by atoms with Crippen LogP contribution in [0.2, 0.25) is 5.02 Å². The van der Waals surface area contributed by atoms with Gasteiger partial charge in [0.15, 0.2) is 5.78 Å². The van der Waals surface area contributed by atoms with Gasteiger partial charge in [0.05, 0.1) is 19.1 Å². The van der Waals surface area contributed by atoms with Crippen molar-refractivity contribution >= 4 is 29.2 Å². The van der Waals surface area contributed by atoms with Crippen molar-refractivity contribution in [3.8, 4) is 0 Å². The van der Waals surface area contributed by atoms with Gasteiger partial charge in [-0.25, -0.2) is 0 Å². The zero-order valence-corrected chi connectivity index (χ0v) is 11.8. The van der Waals surface area contributed by atoms with Crippen LogP contribution in [0, 0.1) is 0 Å². The first-order valence-corrected chi connectivity index (χ1v) is 6.75. The van der Waals surface area contributed by atoms with E-state index in [0.717, 1.165) is 0 Å². The molecule has 106 valence electrons. The van der Waals surface area contributed by atoms with Crippen LogP contribution in [0.25, 0.3) is 0 Å². The second-order valence-electron chi connectivity index (χ2n) is 4.67. The lowest BCUT2D eigenvalue weighted by atomic mass is 10.1. The Hall–Kier alpha value is -1.72. The summed E-state index contributed by atoms with van der Waals surface area (Å²) in [6.45, 7) is 1.92. The number of hydrogen-bond acceptors (Lipinski definition) is 4. The van der Waals surface area contributed by atoms with Crippen molar-refractivity contribution in [1.82, 2.24) is 10.2 Å². The molecule has 1 unspecified atom stereocenters. The number of imide groups is 1. The van der Waals surface area contributed by atoms with Crippen molar-refractivity contribution in [3.63, 3.8) is 0 Å². The van der Waals surface area contributed by atoms with Crippen molar-refractivity contribution in [1.29, 1.82) is 0 Å². The molecule has 0 radical (unpaired) electrons. The Morgan fingerprint density at radius 2 is 2.20 bits per heavy atom. The molecule has 2 amide bonds. The number of rotatable bonds is 4. The molecule has 1 aliphatic heterocycles. The molecule has 0 bridgehead atoms. The predicted molar refractivity (Wildman–Crippen MR) is 74.6 cm³/mol. The zero-order valence-electron chi connectivity index (χ0n) is 11.1. The summed E-state index contributed by atoms with van der Waals surface area (Å²) in [4.78, 5) is 36.9. The second-order valence-corrected chi connectivity index (χ2v) is 5.11. The molecule has 1 aromatic rings. The van der Waals surface area contributed by atoms with Gasteiger partial charge in [-0.05, 0) is 18.6 Å². The van der Waals surface area contributed by atoms with Crippen LogP contribution in [-0.2, 0) is 9.59 Å². The van der Waals surface area contributed by atoms with Crippen molar-refractivity contribution < 1.29 is 14.4 Å². The first kappa shape index (κ1) is 14.7. The van der Waals surface area contributed by atoms with Crippen LogP contribution in [0.15, 0.2) is 24.3 Å². The molecule has 1 aromatic carbocycles. The summed E-state index contributed by atoms with van der Waals surface area (Å²) in [5, 5.41) is 2.76. The van der Waals surface area contributed by atoms with Crippen LogP contribution >= 0.6 is 11.6 Å². The third kappa shape index (κ3) is 3.23. The molecular formula is C14H15ClN2O3. The summed E-state index contributed by atoms with van der Waals surface area (Å²) in [6.07, 6.45) is 0.544. The van der Waals surface area contributed by atoms with Gasteiger partial charge in [0.2, 0.25) is 11.8 Å². The van der Waals surface area contributed by atoms with E-state index in [0.29, 0.717) is 17.0 Å². The van der Waals surface area contributed by atoms with Gasteiger partial charge < -0.3 is 0 Å². The SMILES string of the molecule is CCC1C(=O)NC(=O)CN1CC(=O)c1cccc(Cl)c1. The average molecular weight is 295 g/mol. The normalized spacial score (nSPS) is 19.8. The van der Waals surface area contributed by atoms with Crippen LogP contribution in [0.3, 0.4) is 0 Å². The lowest BCUT2D eigenvalue weighted by Gasteiger charge is -2.32. The van der Waals surface area contributed by atoms with E-state index in [4.69, 9.17) is 11.6 Å². The molecule has 20 heavy (non-hydrogen) atoms. The molecule has 1 fully saturated rings. The minimum absolute atomic E-state index is 0.0258. The Bertz CT molecular complexity index is 559. The molecule has 1 N–H and O–H groups in total. The topological polar surface area (TPSA) is 66.5 Å². The number of amides is 2. The third-order valence-corrected chi connectivity index (χ3v) is 3.47. The second kappa shape index (κ2) is 6.15. The van der Waals surface area contributed by atoms with E-state index in [1.165, 1.54) is 0 Å². The Kier molecular flexibility index (Phi) is 4.52. The monoisotopic (exact) mass is 294 g/mol. The third-order valence-electron chi connectivity index (χ3n) is 3.23. The van der Waals surface area contributed by atoms with E-state index in [-0.39, 0.29) is 30.7 Å². The standard InChI is InChI=1S/C14H15ClN2O3/c1-2-11-14(20)16-13(19)8-17(11)7-12(18)9-4-3-5-10(15)6-9/h3-6,11H,2,7-8H2,1H3,(H,16,19,20). The highest BCUT2D eigenvalue weighted by Gasteiger charge is 2.33. The molecule has 5 nitrogen and oxygen atoms in total.